The number of nitrogens with zero attached hydrogens (tertiary/aromatic N) is 1. The molecule has 1 N–H and O–H groups in total. The Morgan fingerprint density at radius 2 is 0.982 bits per heavy atom. The Kier molecular flexibility index (Phi) is 11.0. The zero-order valence-electron chi connectivity index (χ0n) is 38.0. The number of halogens is 1. The van der Waals surface area contributed by atoms with E-state index in [2.05, 4.69) is 218 Å². The van der Waals surface area contributed by atoms with Gasteiger partial charge in [0, 0.05) is 16.9 Å². The van der Waals surface area contributed by atoms with Crippen molar-refractivity contribution in [3.05, 3.63) is 135 Å². The number of anilines is 5. The number of rotatable bonds is 6. The number of nitrogens with one attached hydrogen (secondary N) is 1. The maximum Gasteiger partial charge on any atom is 0.0881 e. The molecule has 0 unspecified atom stereocenters. The second-order valence-electron chi connectivity index (χ2n) is 22.2. The number of fused-ring (bicyclic) bond motifs is 1. The van der Waals surface area contributed by atoms with Gasteiger partial charge in [0.25, 0.3) is 0 Å². The molecule has 1 aliphatic rings. The molecule has 0 amide bonds. The monoisotopic (exact) mass is 781 g/mol. The van der Waals surface area contributed by atoms with Gasteiger partial charge in [-0.1, -0.05) is 171 Å². The minimum atomic E-state index is -0.138. The Morgan fingerprint density at radius 1 is 0.491 bits per heavy atom. The van der Waals surface area contributed by atoms with Crippen LogP contribution in [0.4, 0.5) is 28.4 Å². The lowest BCUT2D eigenvalue weighted by atomic mass is 9.63. The standard InChI is InChI=1S/C54H69ClN2/c1-49(2,3)36-19-17-35(18-20-36)42-31-38(51(7,8)9)23-28-46(42)57(41-25-21-37(22-26-41)50(4,5)6)47-33-39(52(10,11)12)32-45(48(47)55)56-40-24-27-43-44(34-40)54(15,16)30-29-53(43,13)14/h17-28,31-34,56H,29-30H2,1-16H3. The lowest BCUT2D eigenvalue weighted by Gasteiger charge is -2.42. The molecule has 0 radical (unpaired) electrons. The molecule has 0 aromatic heterocycles. The van der Waals surface area contributed by atoms with Crippen LogP contribution in [0.2, 0.25) is 5.02 Å². The van der Waals surface area contributed by atoms with Gasteiger partial charge < -0.3 is 10.2 Å². The number of hydrogen-bond donors (Lipinski definition) is 1. The maximum absolute atomic E-state index is 7.79. The summed E-state index contributed by atoms with van der Waals surface area (Å²) < 4.78 is 0. The third-order valence-electron chi connectivity index (χ3n) is 12.4. The van der Waals surface area contributed by atoms with Crippen molar-refractivity contribution in [1.82, 2.24) is 0 Å². The van der Waals surface area contributed by atoms with E-state index in [0.717, 1.165) is 28.4 Å². The molecule has 302 valence electrons. The van der Waals surface area contributed by atoms with E-state index in [1.807, 2.05) is 0 Å². The Balaban J connectivity index is 1.62. The molecule has 5 aromatic carbocycles. The smallest absolute Gasteiger partial charge is 0.0881 e. The molecular weight excluding hydrogens is 712 g/mol. The van der Waals surface area contributed by atoms with Crippen molar-refractivity contribution in [2.24, 2.45) is 0 Å². The summed E-state index contributed by atoms with van der Waals surface area (Å²) in [6.07, 6.45) is 2.35. The first-order chi connectivity index (χ1) is 26.2. The van der Waals surface area contributed by atoms with E-state index < -0.39 is 0 Å². The van der Waals surface area contributed by atoms with Crippen LogP contribution in [0.1, 0.15) is 157 Å². The van der Waals surface area contributed by atoms with Crippen LogP contribution in [-0.4, -0.2) is 0 Å². The Hall–Kier alpha value is -4.01. The van der Waals surface area contributed by atoms with Gasteiger partial charge >= 0.3 is 0 Å². The molecule has 2 nitrogen and oxygen atoms in total. The SMILES string of the molecule is CC(C)(C)c1ccc(-c2cc(C(C)(C)C)ccc2N(c2ccc(C(C)(C)C)cc2)c2cc(C(C)(C)C)cc(Nc3ccc4c(c3)C(C)(C)CCC4(C)C)c2Cl)cc1. The highest BCUT2D eigenvalue weighted by atomic mass is 35.5. The van der Waals surface area contributed by atoms with E-state index in [9.17, 15) is 0 Å². The first kappa shape index (κ1) is 42.6. The average Bonchev–Trinajstić information content (AvgIpc) is 3.10. The number of benzene rings is 5. The van der Waals surface area contributed by atoms with Crippen LogP contribution in [0, 0.1) is 0 Å². The molecule has 0 bridgehead atoms. The summed E-state index contributed by atoms with van der Waals surface area (Å²) in [7, 11) is 0. The van der Waals surface area contributed by atoms with Crippen LogP contribution in [-0.2, 0) is 32.5 Å². The fraction of sp³-hybridized carbons (Fsp3) is 0.444. The van der Waals surface area contributed by atoms with Gasteiger partial charge in [0.05, 0.1) is 22.1 Å². The second-order valence-corrected chi connectivity index (χ2v) is 22.6. The van der Waals surface area contributed by atoms with E-state index in [0.29, 0.717) is 5.02 Å². The van der Waals surface area contributed by atoms with Crippen molar-refractivity contribution in [2.45, 2.75) is 156 Å². The largest absolute Gasteiger partial charge is 0.354 e. The van der Waals surface area contributed by atoms with E-state index in [-0.39, 0.29) is 32.5 Å². The van der Waals surface area contributed by atoms with Crippen molar-refractivity contribution >= 4 is 40.0 Å². The number of hydrogen-bond acceptors (Lipinski definition) is 2. The first-order valence-electron chi connectivity index (χ1n) is 21.1. The van der Waals surface area contributed by atoms with E-state index in [1.54, 1.807) is 0 Å². The van der Waals surface area contributed by atoms with E-state index >= 15 is 0 Å². The zero-order valence-corrected chi connectivity index (χ0v) is 38.7. The summed E-state index contributed by atoms with van der Waals surface area (Å²) >= 11 is 7.79. The van der Waals surface area contributed by atoms with Crippen LogP contribution in [0.3, 0.4) is 0 Å². The molecule has 0 saturated heterocycles. The van der Waals surface area contributed by atoms with Gasteiger partial charge in [-0.3, -0.25) is 0 Å². The van der Waals surface area contributed by atoms with Gasteiger partial charge in [-0.25, -0.2) is 0 Å². The van der Waals surface area contributed by atoms with Crippen molar-refractivity contribution in [3.63, 3.8) is 0 Å². The van der Waals surface area contributed by atoms with Gasteiger partial charge in [-0.05, 0) is 133 Å². The van der Waals surface area contributed by atoms with Crippen molar-refractivity contribution < 1.29 is 0 Å². The third-order valence-corrected chi connectivity index (χ3v) is 12.8. The van der Waals surface area contributed by atoms with Gasteiger partial charge in [-0.2, -0.15) is 0 Å². The topological polar surface area (TPSA) is 15.3 Å². The molecule has 1 aliphatic carbocycles. The van der Waals surface area contributed by atoms with Crippen LogP contribution in [0.15, 0.2) is 97.1 Å². The minimum Gasteiger partial charge on any atom is -0.354 e. The molecule has 0 fully saturated rings. The Labute approximate surface area is 351 Å². The Bertz CT molecular complexity index is 2240. The van der Waals surface area contributed by atoms with Gasteiger partial charge in [-0.15, -0.1) is 0 Å². The second kappa shape index (κ2) is 14.7. The summed E-state index contributed by atoms with van der Waals surface area (Å²) in [5, 5.41) is 4.55. The lowest BCUT2D eigenvalue weighted by Crippen LogP contribution is -2.33. The summed E-state index contributed by atoms with van der Waals surface area (Å²) in [5.41, 5.74) is 15.6. The molecule has 0 atom stereocenters. The highest BCUT2D eigenvalue weighted by Crippen LogP contribution is 2.50. The third kappa shape index (κ3) is 8.88. The van der Waals surface area contributed by atoms with Gasteiger partial charge in [0.15, 0.2) is 0 Å². The molecule has 6 rings (SSSR count). The zero-order chi connectivity index (χ0) is 42.1. The molecule has 0 spiro atoms. The fourth-order valence-electron chi connectivity index (χ4n) is 8.21. The molecule has 0 aliphatic heterocycles. The predicted molar refractivity (Wildman–Crippen MR) is 251 cm³/mol. The van der Waals surface area contributed by atoms with E-state index in [4.69, 9.17) is 11.6 Å². The van der Waals surface area contributed by atoms with Crippen molar-refractivity contribution in [3.8, 4) is 11.1 Å². The first-order valence-corrected chi connectivity index (χ1v) is 21.5. The minimum absolute atomic E-state index is 0.0250. The quantitative estimate of drug-likeness (QED) is 0.185. The van der Waals surface area contributed by atoms with Crippen molar-refractivity contribution in [1.29, 1.82) is 0 Å². The highest BCUT2D eigenvalue weighted by Gasteiger charge is 2.37. The lowest BCUT2D eigenvalue weighted by molar-refractivity contribution is 0.332. The maximum atomic E-state index is 7.79. The van der Waals surface area contributed by atoms with Crippen LogP contribution >= 0.6 is 11.6 Å². The molecular formula is C54H69ClN2. The average molecular weight is 782 g/mol. The molecule has 57 heavy (non-hydrogen) atoms. The summed E-state index contributed by atoms with van der Waals surface area (Å²) in [6, 6.07) is 36.8. The molecule has 3 heteroatoms. The van der Waals surface area contributed by atoms with Gasteiger partial charge in [0.1, 0.15) is 0 Å². The normalized spacial score (nSPS) is 15.6. The summed E-state index contributed by atoms with van der Waals surface area (Å²) in [5.74, 6) is 0. The predicted octanol–water partition coefficient (Wildman–Crippen LogP) is 16.8. The fourth-order valence-corrected chi connectivity index (χ4v) is 8.46. The highest BCUT2D eigenvalue weighted by molar-refractivity contribution is 6.36. The summed E-state index contributed by atoms with van der Waals surface area (Å²) in [6.45, 7) is 36.9. The molecule has 0 heterocycles. The van der Waals surface area contributed by atoms with Crippen molar-refractivity contribution in [2.75, 3.05) is 10.2 Å². The summed E-state index contributed by atoms with van der Waals surface area (Å²) in [4.78, 5) is 2.40. The van der Waals surface area contributed by atoms with Crippen LogP contribution < -0.4 is 10.2 Å². The molecule has 0 saturated carbocycles. The van der Waals surface area contributed by atoms with Gasteiger partial charge in [0.2, 0.25) is 0 Å². The van der Waals surface area contributed by atoms with E-state index in [1.165, 1.54) is 57.3 Å². The van der Waals surface area contributed by atoms with Crippen LogP contribution in [0.25, 0.3) is 11.1 Å². The molecule has 5 aromatic rings. The van der Waals surface area contributed by atoms with Crippen LogP contribution in [0.5, 0.6) is 0 Å². The Morgan fingerprint density at radius 3 is 1.51 bits per heavy atom.